The number of benzene rings is 1. The van der Waals surface area contributed by atoms with E-state index in [2.05, 4.69) is 5.32 Å². The van der Waals surface area contributed by atoms with Gasteiger partial charge in [0.05, 0.1) is 6.26 Å². The fraction of sp³-hybridized carbons (Fsp3) is 0.381. The zero-order valence-electron chi connectivity index (χ0n) is 16.8. The summed E-state index contributed by atoms with van der Waals surface area (Å²) < 4.78 is 5.16. The van der Waals surface area contributed by atoms with Crippen molar-refractivity contribution in [2.75, 3.05) is 53.4 Å². The van der Waals surface area contributed by atoms with Gasteiger partial charge in [0.15, 0.2) is 5.76 Å². The van der Waals surface area contributed by atoms with Crippen molar-refractivity contribution >= 4 is 17.7 Å². The summed E-state index contributed by atoms with van der Waals surface area (Å²) in [5.41, 5.74) is 0.928. The van der Waals surface area contributed by atoms with E-state index in [4.69, 9.17) is 4.42 Å². The van der Waals surface area contributed by atoms with Crippen LogP contribution >= 0.6 is 0 Å². The molecule has 3 rings (SSSR count). The van der Waals surface area contributed by atoms with Crippen LogP contribution in [-0.4, -0.2) is 85.8 Å². The van der Waals surface area contributed by atoms with Gasteiger partial charge >= 0.3 is 0 Å². The third-order valence-electron chi connectivity index (χ3n) is 4.80. The number of furan rings is 1. The predicted octanol–water partition coefficient (Wildman–Crippen LogP) is 1.17. The van der Waals surface area contributed by atoms with E-state index in [0.29, 0.717) is 49.6 Å². The van der Waals surface area contributed by atoms with Gasteiger partial charge in [-0.05, 0) is 44.4 Å². The van der Waals surface area contributed by atoms with Crippen LogP contribution in [0.25, 0.3) is 0 Å². The zero-order chi connectivity index (χ0) is 20.8. The largest absolute Gasteiger partial charge is 0.459 e. The summed E-state index contributed by atoms with van der Waals surface area (Å²) in [5, 5.41) is 2.85. The van der Waals surface area contributed by atoms with Crippen LogP contribution in [-0.2, 0) is 0 Å². The maximum atomic E-state index is 12.8. The Morgan fingerprint density at radius 1 is 0.966 bits per heavy atom. The van der Waals surface area contributed by atoms with Crippen molar-refractivity contribution in [3.63, 3.8) is 0 Å². The first-order valence-corrected chi connectivity index (χ1v) is 9.61. The Morgan fingerprint density at radius 2 is 1.62 bits per heavy atom. The number of rotatable bonds is 6. The average molecular weight is 398 g/mol. The molecular weight excluding hydrogens is 372 g/mol. The van der Waals surface area contributed by atoms with Crippen LogP contribution in [0, 0.1) is 0 Å². The van der Waals surface area contributed by atoms with Gasteiger partial charge in [-0.15, -0.1) is 0 Å². The third-order valence-corrected chi connectivity index (χ3v) is 4.80. The molecule has 2 heterocycles. The Kier molecular flexibility index (Phi) is 6.66. The highest BCUT2D eigenvalue weighted by molar-refractivity contribution is 6.00. The first kappa shape index (κ1) is 20.6. The lowest BCUT2D eigenvalue weighted by molar-refractivity contribution is 0.0518. The molecule has 2 aromatic rings. The minimum absolute atomic E-state index is 0.141. The minimum Gasteiger partial charge on any atom is -0.459 e. The van der Waals surface area contributed by atoms with E-state index in [1.807, 2.05) is 19.0 Å². The lowest BCUT2D eigenvalue weighted by Gasteiger charge is -2.34. The molecule has 1 aliphatic rings. The molecule has 0 atom stereocenters. The highest BCUT2D eigenvalue weighted by Gasteiger charge is 2.26. The van der Waals surface area contributed by atoms with Crippen LogP contribution in [0.2, 0.25) is 0 Å². The number of nitrogens with one attached hydrogen (secondary N) is 1. The van der Waals surface area contributed by atoms with Crippen molar-refractivity contribution in [2.24, 2.45) is 0 Å². The Hall–Kier alpha value is -3.13. The Labute approximate surface area is 170 Å². The van der Waals surface area contributed by atoms with Crippen molar-refractivity contribution in [2.45, 2.75) is 0 Å². The number of amides is 3. The summed E-state index contributed by atoms with van der Waals surface area (Å²) in [6, 6.07) is 10.0. The molecule has 0 unspecified atom stereocenters. The van der Waals surface area contributed by atoms with Crippen LogP contribution in [0.4, 0.5) is 0 Å². The Bertz CT molecular complexity index is 855. The standard InChI is InChI=1S/C21H26N4O4/c1-23(2)9-8-22-19(26)16-5-3-6-17(15-16)20(27)24-10-12-25(13-11-24)21(28)18-7-4-14-29-18/h3-7,14-15H,8-13H2,1-2H3,(H,22,26). The zero-order valence-corrected chi connectivity index (χ0v) is 16.8. The number of piperazine rings is 1. The van der Waals surface area contributed by atoms with Crippen LogP contribution < -0.4 is 5.32 Å². The third kappa shape index (κ3) is 5.23. The van der Waals surface area contributed by atoms with Crippen molar-refractivity contribution in [3.8, 4) is 0 Å². The van der Waals surface area contributed by atoms with Crippen molar-refractivity contribution in [3.05, 3.63) is 59.5 Å². The normalized spacial score (nSPS) is 14.2. The molecule has 0 spiro atoms. The number of likely N-dealkylation sites (N-methyl/N-ethyl adjacent to an activating group) is 1. The topological polar surface area (TPSA) is 86.1 Å². The van der Waals surface area contributed by atoms with E-state index in [9.17, 15) is 14.4 Å². The Morgan fingerprint density at radius 3 is 2.24 bits per heavy atom. The maximum absolute atomic E-state index is 12.8. The summed E-state index contributed by atoms with van der Waals surface area (Å²) in [6.45, 7) is 3.03. The maximum Gasteiger partial charge on any atom is 0.289 e. The molecule has 0 bridgehead atoms. The van der Waals surface area contributed by atoms with Gasteiger partial charge in [0.2, 0.25) is 0 Å². The fourth-order valence-corrected chi connectivity index (χ4v) is 3.14. The van der Waals surface area contributed by atoms with E-state index < -0.39 is 0 Å². The summed E-state index contributed by atoms with van der Waals surface area (Å²) in [5.74, 6) is -0.204. The molecule has 29 heavy (non-hydrogen) atoms. The van der Waals surface area contributed by atoms with Gasteiger partial charge in [0.25, 0.3) is 17.7 Å². The molecule has 154 valence electrons. The van der Waals surface area contributed by atoms with E-state index in [-0.39, 0.29) is 17.7 Å². The molecule has 1 aromatic carbocycles. The van der Waals surface area contributed by atoms with Crippen LogP contribution in [0.1, 0.15) is 31.3 Å². The average Bonchev–Trinajstić information content (AvgIpc) is 3.27. The Balaban J connectivity index is 1.57. The van der Waals surface area contributed by atoms with E-state index >= 15 is 0 Å². The van der Waals surface area contributed by atoms with E-state index in [1.165, 1.54) is 6.26 Å². The van der Waals surface area contributed by atoms with Crippen molar-refractivity contribution in [1.29, 1.82) is 0 Å². The van der Waals surface area contributed by atoms with Crippen molar-refractivity contribution < 1.29 is 18.8 Å². The lowest BCUT2D eigenvalue weighted by atomic mass is 10.1. The number of hydrogen-bond donors (Lipinski definition) is 1. The number of hydrogen-bond acceptors (Lipinski definition) is 5. The van der Waals surface area contributed by atoms with Gasteiger partial charge in [-0.2, -0.15) is 0 Å². The summed E-state index contributed by atoms with van der Waals surface area (Å²) in [4.78, 5) is 42.8. The smallest absolute Gasteiger partial charge is 0.289 e. The van der Waals surface area contributed by atoms with Gasteiger partial charge < -0.3 is 24.4 Å². The first-order valence-electron chi connectivity index (χ1n) is 9.61. The minimum atomic E-state index is -0.199. The second-order valence-electron chi connectivity index (χ2n) is 7.20. The van der Waals surface area contributed by atoms with Gasteiger partial charge in [-0.25, -0.2) is 0 Å². The number of nitrogens with zero attached hydrogens (tertiary/aromatic N) is 3. The predicted molar refractivity (Wildman–Crippen MR) is 108 cm³/mol. The SMILES string of the molecule is CN(C)CCNC(=O)c1cccc(C(=O)N2CCN(C(=O)c3ccco3)CC2)c1. The van der Waals surface area contributed by atoms with Crippen LogP contribution in [0.3, 0.4) is 0 Å². The monoisotopic (exact) mass is 398 g/mol. The van der Waals surface area contributed by atoms with Crippen LogP contribution in [0.5, 0.6) is 0 Å². The number of carbonyl (C=O) groups is 3. The number of carbonyl (C=O) groups excluding carboxylic acids is 3. The fourth-order valence-electron chi connectivity index (χ4n) is 3.14. The molecule has 3 amide bonds. The van der Waals surface area contributed by atoms with Crippen molar-refractivity contribution in [1.82, 2.24) is 20.0 Å². The quantitative estimate of drug-likeness (QED) is 0.790. The first-order chi connectivity index (χ1) is 14.0. The molecule has 1 fully saturated rings. The van der Waals surface area contributed by atoms with Gasteiger partial charge in [0.1, 0.15) is 0 Å². The molecule has 8 nitrogen and oxygen atoms in total. The molecule has 1 aromatic heterocycles. The second-order valence-corrected chi connectivity index (χ2v) is 7.20. The van der Waals surface area contributed by atoms with Gasteiger partial charge in [-0.3, -0.25) is 14.4 Å². The molecule has 1 saturated heterocycles. The highest BCUT2D eigenvalue weighted by Crippen LogP contribution is 2.13. The molecule has 1 N–H and O–H groups in total. The summed E-state index contributed by atoms with van der Waals surface area (Å²) in [6.07, 6.45) is 1.47. The summed E-state index contributed by atoms with van der Waals surface area (Å²) in [7, 11) is 3.88. The summed E-state index contributed by atoms with van der Waals surface area (Å²) >= 11 is 0. The molecule has 0 radical (unpaired) electrons. The second kappa shape index (κ2) is 9.38. The molecular formula is C21H26N4O4. The molecule has 8 heteroatoms. The molecule has 0 saturated carbocycles. The molecule has 0 aliphatic carbocycles. The van der Waals surface area contributed by atoms with Crippen LogP contribution in [0.15, 0.2) is 47.1 Å². The van der Waals surface area contributed by atoms with Gasteiger partial charge in [0, 0.05) is 50.4 Å². The van der Waals surface area contributed by atoms with Gasteiger partial charge in [-0.1, -0.05) is 6.07 Å². The van der Waals surface area contributed by atoms with E-state index in [1.54, 1.807) is 46.2 Å². The molecule has 1 aliphatic heterocycles. The van der Waals surface area contributed by atoms with E-state index in [0.717, 1.165) is 6.54 Å². The lowest BCUT2D eigenvalue weighted by Crippen LogP contribution is -2.50. The highest BCUT2D eigenvalue weighted by atomic mass is 16.3.